The second-order valence-corrected chi connectivity index (χ2v) is 7.84. The number of benzene rings is 2. The molecule has 0 atom stereocenters. The van der Waals surface area contributed by atoms with Crippen LogP contribution in [0.4, 0.5) is 0 Å². The quantitative estimate of drug-likeness (QED) is 0.433. The van der Waals surface area contributed by atoms with Crippen LogP contribution in [0.1, 0.15) is 22.4 Å². The SMILES string of the molecule is Cc1ccc(-c2csc(=NCCc3ccccc3)n2N=Cc2ccc[nH]2)cc1C. The number of aromatic amines is 1. The molecule has 0 bridgehead atoms. The molecule has 29 heavy (non-hydrogen) atoms. The Labute approximate surface area is 174 Å². The molecule has 0 unspecified atom stereocenters. The number of nitrogens with one attached hydrogen (secondary N) is 1. The van der Waals surface area contributed by atoms with E-state index in [0.29, 0.717) is 0 Å². The lowest BCUT2D eigenvalue weighted by atomic mass is 10.1. The molecule has 2 aromatic carbocycles. The van der Waals surface area contributed by atoms with E-state index >= 15 is 0 Å². The van der Waals surface area contributed by atoms with E-state index in [1.165, 1.54) is 16.7 Å². The van der Waals surface area contributed by atoms with Crippen molar-refractivity contribution in [1.29, 1.82) is 0 Å². The van der Waals surface area contributed by atoms with Gasteiger partial charge in [0.25, 0.3) is 0 Å². The van der Waals surface area contributed by atoms with Gasteiger partial charge in [-0.15, -0.1) is 11.3 Å². The maximum absolute atomic E-state index is 4.85. The maximum atomic E-state index is 4.85. The van der Waals surface area contributed by atoms with Gasteiger partial charge in [-0.1, -0.05) is 42.5 Å². The highest BCUT2D eigenvalue weighted by molar-refractivity contribution is 7.07. The molecule has 0 amide bonds. The lowest BCUT2D eigenvalue weighted by molar-refractivity contribution is 0.816. The van der Waals surface area contributed by atoms with Crippen LogP contribution in [0.5, 0.6) is 0 Å². The number of hydrogen-bond acceptors (Lipinski definition) is 3. The predicted molar refractivity (Wildman–Crippen MR) is 122 cm³/mol. The fourth-order valence-corrected chi connectivity index (χ4v) is 3.95. The predicted octanol–water partition coefficient (Wildman–Crippen LogP) is 5.19. The summed E-state index contributed by atoms with van der Waals surface area (Å²) in [4.78, 5) is 8.91. The fourth-order valence-electron chi connectivity index (χ4n) is 3.09. The Morgan fingerprint density at radius 2 is 1.86 bits per heavy atom. The molecule has 0 aliphatic heterocycles. The van der Waals surface area contributed by atoms with Crippen molar-refractivity contribution >= 4 is 17.6 Å². The summed E-state index contributed by atoms with van der Waals surface area (Å²) >= 11 is 1.63. The molecule has 0 spiro atoms. The first-order chi connectivity index (χ1) is 14.2. The number of hydrogen-bond donors (Lipinski definition) is 1. The molecule has 0 saturated carbocycles. The van der Waals surface area contributed by atoms with Crippen molar-refractivity contribution in [2.24, 2.45) is 10.1 Å². The van der Waals surface area contributed by atoms with E-state index < -0.39 is 0 Å². The van der Waals surface area contributed by atoms with E-state index in [1.807, 2.05) is 35.3 Å². The van der Waals surface area contributed by atoms with Crippen molar-refractivity contribution in [3.05, 3.63) is 99.4 Å². The molecule has 0 radical (unpaired) electrons. The summed E-state index contributed by atoms with van der Waals surface area (Å²) < 4.78 is 1.95. The molecule has 0 saturated heterocycles. The Morgan fingerprint density at radius 3 is 2.62 bits per heavy atom. The highest BCUT2D eigenvalue weighted by atomic mass is 32.1. The zero-order valence-corrected chi connectivity index (χ0v) is 17.5. The third kappa shape index (κ3) is 4.63. The first kappa shape index (κ1) is 19.2. The second kappa shape index (κ2) is 8.88. The molecule has 2 aromatic heterocycles. The number of nitrogens with zero attached hydrogens (tertiary/aromatic N) is 3. The number of aromatic nitrogens is 2. The van der Waals surface area contributed by atoms with Crippen LogP contribution in [0, 0.1) is 13.8 Å². The lowest BCUT2D eigenvalue weighted by Crippen LogP contribution is -2.13. The third-order valence-electron chi connectivity index (χ3n) is 4.91. The number of H-pyrrole nitrogens is 1. The van der Waals surface area contributed by atoms with Gasteiger partial charge >= 0.3 is 0 Å². The number of rotatable bonds is 6. The number of thiazole rings is 1. The summed E-state index contributed by atoms with van der Waals surface area (Å²) in [7, 11) is 0. The summed E-state index contributed by atoms with van der Waals surface area (Å²) in [6.07, 6.45) is 4.65. The van der Waals surface area contributed by atoms with Crippen molar-refractivity contribution in [3.8, 4) is 11.3 Å². The summed E-state index contributed by atoms with van der Waals surface area (Å²) in [5, 5.41) is 6.88. The van der Waals surface area contributed by atoms with E-state index in [1.54, 1.807) is 11.3 Å². The fraction of sp³-hybridized carbons (Fsp3) is 0.167. The second-order valence-electron chi connectivity index (χ2n) is 7.00. The van der Waals surface area contributed by atoms with Crippen LogP contribution in [-0.4, -0.2) is 22.4 Å². The molecular formula is C24H24N4S. The molecule has 2 heterocycles. The Balaban J connectivity index is 1.69. The third-order valence-corrected chi connectivity index (χ3v) is 5.77. The van der Waals surface area contributed by atoms with E-state index in [4.69, 9.17) is 10.1 Å². The van der Waals surface area contributed by atoms with Crippen LogP contribution in [-0.2, 0) is 6.42 Å². The lowest BCUT2D eigenvalue weighted by Gasteiger charge is -2.06. The first-order valence-electron chi connectivity index (χ1n) is 9.71. The minimum Gasteiger partial charge on any atom is -0.360 e. The smallest absolute Gasteiger partial charge is 0.206 e. The van der Waals surface area contributed by atoms with Crippen LogP contribution < -0.4 is 4.80 Å². The summed E-state index contributed by atoms with van der Waals surface area (Å²) in [5.74, 6) is 0. The molecule has 4 nitrogen and oxygen atoms in total. The van der Waals surface area contributed by atoms with Gasteiger partial charge in [0, 0.05) is 23.7 Å². The van der Waals surface area contributed by atoms with E-state index in [9.17, 15) is 0 Å². The normalized spacial score (nSPS) is 12.1. The van der Waals surface area contributed by atoms with Gasteiger partial charge < -0.3 is 4.98 Å². The monoisotopic (exact) mass is 400 g/mol. The van der Waals surface area contributed by atoms with Crippen LogP contribution in [0.2, 0.25) is 0 Å². The van der Waals surface area contributed by atoms with Gasteiger partial charge in [-0.25, -0.2) is 4.68 Å². The number of aryl methyl sites for hydroxylation is 2. The topological polar surface area (TPSA) is 45.4 Å². The van der Waals surface area contributed by atoms with Gasteiger partial charge in [0.05, 0.1) is 17.6 Å². The van der Waals surface area contributed by atoms with Crippen molar-refractivity contribution in [1.82, 2.24) is 9.66 Å². The van der Waals surface area contributed by atoms with Crippen LogP contribution in [0.15, 0.2) is 82.3 Å². The van der Waals surface area contributed by atoms with E-state index in [-0.39, 0.29) is 0 Å². The Morgan fingerprint density at radius 1 is 1.00 bits per heavy atom. The average Bonchev–Trinajstić information content (AvgIpc) is 3.39. The largest absolute Gasteiger partial charge is 0.360 e. The maximum Gasteiger partial charge on any atom is 0.206 e. The molecule has 5 heteroatoms. The van der Waals surface area contributed by atoms with Crippen molar-refractivity contribution in [2.45, 2.75) is 20.3 Å². The molecule has 0 aliphatic rings. The Bertz CT molecular complexity index is 1170. The van der Waals surface area contributed by atoms with Crippen LogP contribution in [0.3, 0.4) is 0 Å². The van der Waals surface area contributed by atoms with Gasteiger partial charge in [0.15, 0.2) is 0 Å². The van der Waals surface area contributed by atoms with Gasteiger partial charge in [-0.3, -0.25) is 4.99 Å². The summed E-state index contributed by atoms with van der Waals surface area (Å²) in [6, 6.07) is 21.0. The minimum atomic E-state index is 0.731. The van der Waals surface area contributed by atoms with Gasteiger partial charge in [-0.2, -0.15) is 5.10 Å². The standard InChI is InChI=1S/C24H24N4S/c1-18-10-11-21(15-19(18)2)23-17-29-24(26-14-12-20-7-4-3-5-8-20)28(23)27-16-22-9-6-13-25-22/h3-11,13,15-17,25H,12,14H2,1-2H3. The first-order valence-corrected chi connectivity index (χ1v) is 10.6. The summed E-state index contributed by atoms with van der Waals surface area (Å²) in [6.45, 7) is 5.01. The van der Waals surface area contributed by atoms with Crippen molar-refractivity contribution in [3.63, 3.8) is 0 Å². The molecule has 0 fully saturated rings. The van der Waals surface area contributed by atoms with Gasteiger partial charge in [-0.05, 0) is 55.2 Å². The zero-order chi connectivity index (χ0) is 20.1. The minimum absolute atomic E-state index is 0.731. The summed E-state index contributed by atoms with van der Waals surface area (Å²) in [5.41, 5.74) is 7.03. The zero-order valence-electron chi connectivity index (χ0n) is 16.7. The Hall–Kier alpha value is -3.18. The van der Waals surface area contributed by atoms with E-state index in [2.05, 4.69) is 66.7 Å². The van der Waals surface area contributed by atoms with Gasteiger partial charge in [0.2, 0.25) is 4.80 Å². The van der Waals surface area contributed by atoms with Crippen LogP contribution >= 0.6 is 11.3 Å². The van der Waals surface area contributed by atoms with Gasteiger partial charge in [0.1, 0.15) is 0 Å². The highest BCUT2D eigenvalue weighted by Crippen LogP contribution is 2.23. The van der Waals surface area contributed by atoms with Crippen LogP contribution in [0.25, 0.3) is 11.3 Å². The van der Waals surface area contributed by atoms with Crippen molar-refractivity contribution < 1.29 is 0 Å². The van der Waals surface area contributed by atoms with E-state index in [0.717, 1.165) is 34.7 Å². The Kier molecular flexibility index (Phi) is 5.86. The molecule has 1 N–H and O–H groups in total. The molecule has 4 aromatic rings. The molecule has 0 aliphatic carbocycles. The van der Waals surface area contributed by atoms with Crippen molar-refractivity contribution in [2.75, 3.05) is 6.54 Å². The molecule has 146 valence electrons. The average molecular weight is 401 g/mol. The molecule has 4 rings (SSSR count). The molecular weight excluding hydrogens is 376 g/mol. The highest BCUT2D eigenvalue weighted by Gasteiger charge is 2.08.